The predicted octanol–water partition coefficient (Wildman–Crippen LogP) is 4.20. The number of hydrogen-bond acceptors (Lipinski definition) is 4. The van der Waals surface area contributed by atoms with Gasteiger partial charge >= 0.3 is 0 Å². The van der Waals surface area contributed by atoms with Crippen molar-refractivity contribution in [3.05, 3.63) is 59.5 Å². The largest absolute Gasteiger partial charge is 0.508 e. The maximum Gasteiger partial charge on any atom is 0.148 e. The molecule has 1 N–H and O–H groups in total. The molecule has 0 aromatic heterocycles. The first-order valence-electron chi connectivity index (χ1n) is 10.2. The molecule has 0 aliphatic carbocycles. The molecule has 5 heteroatoms. The molecular weight excluding hydrogens is 353 g/mol. The Labute approximate surface area is 165 Å². The Morgan fingerprint density at radius 3 is 2.68 bits per heavy atom. The summed E-state index contributed by atoms with van der Waals surface area (Å²) in [7, 11) is 0. The van der Waals surface area contributed by atoms with Crippen LogP contribution in [-0.4, -0.2) is 42.2 Å². The second kappa shape index (κ2) is 7.13. The van der Waals surface area contributed by atoms with Crippen LogP contribution >= 0.6 is 0 Å². The molecule has 3 aliphatic heterocycles. The number of hydrogen-bond donors (Lipinski definition) is 1. The molecule has 3 heterocycles. The number of likely N-dealkylation sites (tertiary alicyclic amines) is 1. The third-order valence-electron chi connectivity index (χ3n) is 6.33. The Morgan fingerprint density at radius 2 is 1.86 bits per heavy atom. The fraction of sp³-hybridized carbons (Fsp3) is 0.391. The van der Waals surface area contributed by atoms with E-state index < -0.39 is 0 Å². The molecule has 0 unspecified atom stereocenters. The van der Waals surface area contributed by atoms with Gasteiger partial charge in [0.1, 0.15) is 11.6 Å². The van der Waals surface area contributed by atoms with E-state index in [1.54, 1.807) is 18.2 Å². The molecule has 3 aliphatic rings. The van der Waals surface area contributed by atoms with E-state index in [1.807, 2.05) is 35.4 Å². The van der Waals surface area contributed by atoms with Crippen molar-refractivity contribution in [3.63, 3.8) is 0 Å². The van der Waals surface area contributed by atoms with Crippen LogP contribution in [0.2, 0.25) is 0 Å². The minimum Gasteiger partial charge on any atom is -0.508 e. The van der Waals surface area contributed by atoms with Crippen LogP contribution in [0.3, 0.4) is 0 Å². The number of rotatable bonds is 3. The van der Waals surface area contributed by atoms with E-state index in [0.29, 0.717) is 12.6 Å². The summed E-state index contributed by atoms with van der Waals surface area (Å²) in [5.41, 5.74) is 3.71. The summed E-state index contributed by atoms with van der Waals surface area (Å²) in [5.74, 6) is 0.120. The molecule has 2 fully saturated rings. The summed E-state index contributed by atoms with van der Waals surface area (Å²) in [6, 6.07) is 11.5. The SMILES string of the molecule is Oc1ccc2c(c1)C=CN(c1ccc(N3CC[C@@H](N4CCCC4)C3)c(F)c1)C2. The summed E-state index contributed by atoms with van der Waals surface area (Å²) in [4.78, 5) is 6.81. The van der Waals surface area contributed by atoms with E-state index in [-0.39, 0.29) is 11.6 Å². The molecule has 28 heavy (non-hydrogen) atoms. The van der Waals surface area contributed by atoms with Crippen molar-refractivity contribution in [2.75, 3.05) is 36.0 Å². The summed E-state index contributed by atoms with van der Waals surface area (Å²) in [6.07, 6.45) is 7.64. The van der Waals surface area contributed by atoms with Crippen molar-refractivity contribution in [2.24, 2.45) is 0 Å². The standard InChI is InChI=1S/C23H26FN3O/c24-22-14-19(26-11-7-17-13-21(28)5-3-18(17)15-26)4-6-23(22)27-12-8-20(16-27)25-9-1-2-10-25/h3-7,11,13-14,20,28H,1-2,8-10,12,15-16H2/t20-/m1/s1. The molecule has 146 valence electrons. The first-order chi connectivity index (χ1) is 13.7. The Hall–Kier alpha value is -2.53. The maximum atomic E-state index is 15.0. The normalized spacial score (nSPS) is 22.1. The summed E-state index contributed by atoms with van der Waals surface area (Å²) in [5, 5.41) is 9.63. The van der Waals surface area contributed by atoms with E-state index in [1.165, 1.54) is 25.9 Å². The van der Waals surface area contributed by atoms with Crippen LogP contribution in [-0.2, 0) is 6.54 Å². The first kappa shape index (κ1) is 17.6. The number of nitrogens with zero attached hydrogens (tertiary/aromatic N) is 3. The molecule has 4 nitrogen and oxygen atoms in total. The van der Waals surface area contributed by atoms with Gasteiger partial charge in [0, 0.05) is 37.6 Å². The Kier molecular flexibility index (Phi) is 4.47. The van der Waals surface area contributed by atoms with Gasteiger partial charge in [-0.1, -0.05) is 6.07 Å². The molecule has 1 atom stereocenters. The lowest BCUT2D eigenvalue weighted by atomic mass is 10.0. The number of phenols is 1. The lowest BCUT2D eigenvalue weighted by Crippen LogP contribution is -2.35. The maximum absolute atomic E-state index is 15.0. The van der Waals surface area contributed by atoms with Crippen LogP contribution in [0.4, 0.5) is 15.8 Å². The predicted molar refractivity (Wildman–Crippen MR) is 111 cm³/mol. The molecule has 5 rings (SSSR count). The number of benzene rings is 2. The van der Waals surface area contributed by atoms with E-state index in [0.717, 1.165) is 42.0 Å². The van der Waals surface area contributed by atoms with E-state index in [2.05, 4.69) is 9.80 Å². The van der Waals surface area contributed by atoms with Crippen molar-refractivity contribution in [3.8, 4) is 5.75 Å². The van der Waals surface area contributed by atoms with Gasteiger partial charge in [-0.05, 0) is 79.9 Å². The van der Waals surface area contributed by atoms with E-state index in [4.69, 9.17) is 0 Å². The summed E-state index contributed by atoms with van der Waals surface area (Å²) < 4.78 is 15.0. The van der Waals surface area contributed by atoms with Crippen molar-refractivity contribution in [1.29, 1.82) is 0 Å². The fourth-order valence-electron chi connectivity index (χ4n) is 4.76. The Balaban J connectivity index is 1.31. The molecule has 0 radical (unpaired) electrons. The van der Waals surface area contributed by atoms with Gasteiger partial charge in [-0.25, -0.2) is 4.39 Å². The van der Waals surface area contributed by atoms with Crippen molar-refractivity contribution in [1.82, 2.24) is 4.90 Å². The molecule has 0 saturated carbocycles. The zero-order valence-electron chi connectivity index (χ0n) is 16.0. The average molecular weight is 379 g/mol. The van der Waals surface area contributed by atoms with Crippen LogP contribution in [0.1, 0.15) is 30.4 Å². The number of halogens is 1. The number of phenolic OH excluding ortho intramolecular Hbond substituents is 1. The van der Waals surface area contributed by atoms with Gasteiger partial charge in [0.15, 0.2) is 0 Å². The lowest BCUT2D eigenvalue weighted by Gasteiger charge is -2.27. The van der Waals surface area contributed by atoms with Crippen LogP contribution in [0.25, 0.3) is 6.08 Å². The smallest absolute Gasteiger partial charge is 0.148 e. The number of aromatic hydroxyl groups is 1. The highest BCUT2D eigenvalue weighted by molar-refractivity contribution is 5.67. The van der Waals surface area contributed by atoms with E-state index in [9.17, 15) is 9.50 Å². The van der Waals surface area contributed by atoms with Gasteiger partial charge in [0.25, 0.3) is 0 Å². The third kappa shape index (κ3) is 3.24. The quantitative estimate of drug-likeness (QED) is 0.866. The molecule has 0 amide bonds. The third-order valence-corrected chi connectivity index (χ3v) is 6.33. The van der Waals surface area contributed by atoms with Gasteiger partial charge in [-0.15, -0.1) is 0 Å². The summed E-state index contributed by atoms with van der Waals surface area (Å²) >= 11 is 0. The second-order valence-electron chi connectivity index (χ2n) is 8.09. The molecule has 2 saturated heterocycles. The topological polar surface area (TPSA) is 30.0 Å². The van der Waals surface area contributed by atoms with Crippen LogP contribution in [0.15, 0.2) is 42.6 Å². The van der Waals surface area contributed by atoms with Gasteiger partial charge in [-0.2, -0.15) is 0 Å². The lowest BCUT2D eigenvalue weighted by molar-refractivity contribution is 0.260. The average Bonchev–Trinajstić information content (AvgIpc) is 3.39. The zero-order valence-corrected chi connectivity index (χ0v) is 16.0. The minimum atomic E-state index is -0.149. The first-order valence-corrected chi connectivity index (χ1v) is 10.2. The van der Waals surface area contributed by atoms with Crippen LogP contribution < -0.4 is 9.80 Å². The number of fused-ring (bicyclic) bond motifs is 1. The minimum absolute atomic E-state index is 0.149. The highest BCUT2D eigenvalue weighted by Crippen LogP contribution is 2.32. The summed E-state index contributed by atoms with van der Waals surface area (Å²) in [6.45, 7) is 4.92. The second-order valence-corrected chi connectivity index (χ2v) is 8.09. The number of anilines is 2. The highest BCUT2D eigenvalue weighted by atomic mass is 19.1. The van der Waals surface area contributed by atoms with Crippen molar-refractivity contribution in [2.45, 2.75) is 31.8 Å². The zero-order chi connectivity index (χ0) is 19.1. The van der Waals surface area contributed by atoms with Gasteiger partial charge in [0.05, 0.1) is 5.69 Å². The van der Waals surface area contributed by atoms with Crippen LogP contribution in [0.5, 0.6) is 5.75 Å². The van der Waals surface area contributed by atoms with Crippen LogP contribution in [0, 0.1) is 5.82 Å². The Morgan fingerprint density at radius 1 is 1.00 bits per heavy atom. The molecule has 0 bridgehead atoms. The van der Waals surface area contributed by atoms with Gasteiger partial charge in [0.2, 0.25) is 0 Å². The van der Waals surface area contributed by atoms with Gasteiger partial charge < -0.3 is 14.9 Å². The van der Waals surface area contributed by atoms with E-state index >= 15 is 0 Å². The fourth-order valence-corrected chi connectivity index (χ4v) is 4.76. The van der Waals surface area contributed by atoms with Crippen molar-refractivity contribution < 1.29 is 9.50 Å². The molecule has 0 spiro atoms. The highest BCUT2D eigenvalue weighted by Gasteiger charge is 2.30. The Bertz CT molecular complexity index is 907. The monoisotopic (exact) mass is 379 g/mol. The molecular formula is C23H26FN3O. The molecule has 2 aromatic rings. The van der Waals surface area contributed by atoms with Gasteiger partial charge in [-0.3, -0.25) is 4.90 Å². The van der Waals surface area contributed by atoms with Crippen molar-refractivity contribution >= 4 is 17.5 Å². The molecule has 2 aromatic carbocycles.